The van der Waals surface area contributed by atoms with Crippen LogP contribution in [0.3, 0.4) is 0 Å². The van der Waals surface area contributed by atoms with Gasteiger partial charge in [-0.3, -0.25) is 23.9 Å². The lowest BCUT2D eigenvalue weighted by Gasteiger charge is -2.46. The zero-order chi connectivity index (χ0) is 36.9. The number of aromatic nitrogens is 3. The summed E-state index contributed by atoms with van der Waals surface area (Å²) in [5.74, 6) is -2.97. The first-order valence-corrected chi connectivity index (χ1v) is 17.5. The van der Waals surface area contributed by atoms with Gasteiger partial charge in [-0.15, -0.1) is 0 Å². The number of carbonyl (C=O) groups is 3. The third-order valence-corrected chi connectivity index (χ3v) is 10.2. The van der Waals surface area contributed by atoms with Gasteiger partial charge in [-0.05, 0) is 44.2 Å². The summed E-state index contributed by atoms with van der Waals surface area (Å²) in [5, 5.41) is 36.3. The molecule has 1 atom stereocenters. The fourth-order valence-electron chi connectivity index (χ4n) is 7.05. The van der Waals surface area contributed by atoms with E-state index in [1.807, 2.05) is 36.1 Å². The lowest BCUT2D eigenvalue weighted by atomic mass is 9.91. The van der Waals surface area contributed by atoms with Crippen LogP contribution in [0.25, 0.3) is 11.1 Å². The van der Waals surface area contributed by atoms with E-state index in [1.54, 1.807) is 6.07 Å². The summed E-state index contributed by atoms with van der Waals surface area (Å²) < 4.78 is 3.06. The third kappa shape index (κ3) is 6.33. The predicted molar refractivity (Wildman–Crippen MR) is 189 cm³/mol. The first-order valence-electron chi connectivity index (χ1n) is 17.5. The number of allylic oxidation sites excluding steroid dienone is 1. The quantitative estimate of drug-likeness (QED) is 0.0423. The fourth-order valence-corrected chi connectivity index (χ4v) is 7.05. The molecule has 1 saturated heterocycles. The van der Waals surface area contributed by atoms with Gasteiger partial charge in [-0.2, -0.15) is 5.10 Å². The molecule has 2 saturated carbocycles. The Morgan fingerprint density at radius 1 is 1.10 bits per heavy atom. The Balaban J connectivity index is 1.19. The molecule has 2 aromatic heterocycles. The number of aliphatic hydroxyl groups is 2. The number of rotatable bonds is 13. The predicted octanol–water partition coefficient (Wildman–Crippen LogP) is 0.448. The highest BCUT2D eigenvalue weighted by molar-refractivity contribution is 5.96. The number of benzene rings is 1. The van der Waals surface area contributed by atoms with Gasteiger partial charge in [0.2, 0.25) is 12.2 Å². The van der Waals surface area contributed by atoms with Crippen LogP contribution < -0.4 is 41.9 Å². The van der Waals surface area contributed by atoms with Gasteiger partial charge in [0.15, 0.2) is 0 Å². The molecule has 4 heterocycles. The number of anilines is 2. The van der Waals surface area contributed by atoms with E-state index in [2.05, 4.69) is 27.8 Å². The Kier molecular flexibility index (Phi) is 9.14. The van der Waals surface area contributed by atoms with Crippen LogP contribution in [-0.2, 0) is 15.5 Å². The monoisotopic (exact) mass is 713 g/mol. The standard InChI is InChI=1S/C36H44N10O6/c1-4-28-33-25(16-39-45(33)23-17-44(18-23)36(50,51)29-10-5-7-22(19-47)46(29)52-3)24-8-6-9-26(32(24)43(28)2)41-27(31(38)35(49)40-21-13-14-21)15-30(37)42-34(48)20-11-12-20/h5-10,15-16,19-21,23,28,38,50-51H,4,11-14,17-18H2,1-3H3,(H5,37,40,41,42,47,48,49)/p+1. The highest BCUT2D eigenvalue weighted by Crippen LogP contribution is 2.50. The number of carbonyl (C=O) groups excluding carboxylic acids is 3. The van der Waals surface area contributed by atoms with Gasteiger partial charge in [0.05, 0.1) is 41.0 Å². The highest BCUT2D eigenvalue weighted by Gasteiger charge is 2.51. The number of nitrogens with two attached hydrogens (primary N) is 2. The van der Waals surface area contributed by atoms with Crippen molar-refractivity contribution in [3.05, 3.63) is 83.0 Å². The Morgan fingerprint density at radius 3 is 2.48 bits per heavy atom. The first kappa shape index (κ1) is 35.0. The second-order valence-corrected chi connectivity index (χ2v) is 13.8. The third-order valence-electron chi connectivity index (χ3n) is 10.2. The van der Waals surface area contributed by atoms with Crippen LogP contribution in [-0.4, -0.2) is 76.3 Å². The van der Waals surface area contributed by atoms with E-state index < -0.39 is 11.8 Å². The van der Waals surface area contributed by atoms with Crippen LogP contribution in [0.5, 0.6) is 0 Å². The van der Waals surface area contributed by atoms with Gasteiger partial charge in [0.1, 0.15) is 18.6 Å². The number of aldehydes is 1. The molecule has 0 bridgehead atoms. The molecule has 52 heavy (non-hydrogen) atoms. The average molecular weight is 714 g/mol. The topological polar surface area (TPSA) is 217 Å². The van der Waals surface area contributed by atoms with Gasteiger partial charge in [0.25, 0.3) is 11.6 Å². The van der Waals surface area contributed by atoms with Crippen molar-refractivity contribution in [3.8, 4) is 11.1 Å². The van der Waals surface area contributed by atoms with Crippen molar-refractivity contribution in [2.75, 3.05) is 37.5 Å². The summed E-state index contributed by atoms with van der Waals surface area (Å²) in [6, 6.07) is 10.2. The van der Waals surface area contributed by atoms with Crippen molar-refractivity contribution in [2.45, 2.75) is 63.1 Å². The molecular weight excluding hydrogens is 668 g/mol. The minimum absolute atomic E-state index is 0.00152. The summed E-state index contributed by atoms with van der Waals surface area (Å²) in [4.78, 5) is 46.1. The van der Waals surface area contributed by atoms with Gasteiger partial charge >= 0.3 is 11.6 Å². The van der Waals surface area contributed by atoms with Gasteiger partial charge in [0, 0.05) is 66.2 Å². The number of amides is 2. The molecule has 3 fully saturated rings. The van der Waals surface area contributed by atoms with E-state index in [9.17, 15) is 24.6 Å². The van der Waals surface area contributed by atoms with E-state index in [-0.39, 0.29) is 71.6 Å². The summed E-state index contributed by atoms with van der Waals surface area (Å²) in [7, 11) is 3.34. The molecule has 7 rings (SSSR count). The molecule has 0 radical (unpaired) electrons. The lowest BCUT2D eigenvalue weighted by Crippen LogP contribution is -2.64. The van der Waals surface area contributed by atoms with Crippen molar-refractivity contribution in [1.82, 2.24) is 25.3 Å². The van der Waals surface area contributed by atoms with Crippen molar-refractivity contribution in [2.24, 2.45) is 17.4 Å². The Morgan fingerprint density at radius 2 is 1.83 bits per heavy atom. The zero-order valence-corrected chi connectivity index (χ0v) is 29.4. The van der Waals surface area contributed by atoms with Gasteiger partial charge < -0.3 is 42.5 Å². The molecule has 4 aliphatic rings. The Bertz CT molecular complexity index is 1970. The number of para-hydroxylation sites is 1. The van der Waals surface area contributed by atoms with E-state index in [0.29, 0.717) is 12.0 Å². The molecule has 1 unspecified atom stereocenters. The van der Waals surface area contributed by atoms with Gasteiger partial charge in [-0.25, -0.2) is 4.90 Å². The normalized spacial score (nSPS) is 19.5. The van der Waals surface area contributed by atoms with E-state index in [0.717, 1.165) is 59.3 Å². The maximum Gasteiger partial charge on any atom is 0.320 e. The van der Waals surface area contributed by atoms with Crippen molar-refractivity contribution >= 4 is 29.5 Å². The molecular formula is C36H45N10O6+. The van der Waals surface area contributed by atoms with Crippen molar-refractivity contribution in [3.63, 3.8) is 0 Å². The Labute approximate surface area is 300 Å². The fraction of sp³-hybridized carbons (Fsp3) is 0.417. The highest BCUT2D eigenvalue weighted by atomic mass is 16.7. The molecule has 2 aliphatic carbocycles. The molecule has 2 aliphatic heterocycles. The molecule has 16 nitrogen and oxygen atoms in total. The number of hydrogen-bond acceptors (Lipinski definition) is 12. The van der Waals surface area contributed by atoms with Crippen molar-refractivity contribution < 1.29 is 34.2 Å². The molecule has 9 N–H and O–H groups in total. The number of nitrogens with one attached hydrogen (secondary N) is 3. The van der Waals surface area contributed by atoms with Crippen LogP contribution in [0.15, 0.2) is 65.9 Å². The van der Waals surface area contributed by atoms with E-state index in [4.69, 9.17) is 21.4 Å². The maximum absolute atomic E-state index is 13.1. The molecule has 2 amide bonds. The van der Waals surface area contributed by atoms with Gasteiger partial charge in [-0.1, -0.05) is 19.1 Å². The number of fused-ring (bicyclic) bond motifs is 3. The first-order chi connectivity index (χ1) is 25.0. The number of likely N-dealkylation sites (tertiary alicyclic amines) is 1. The van der Waals surface area contributed by atoms with Crippen LogP contribution in [0, 0.1) is 5.92 Å². The molecule has 16 heteroatoms. The average Bonchev–Trinajstić information content (AvgIpc) is 4.05. The van der Waals surface area contributed by atoms with Crippen LogP contribution in [0.4, 0.5) is 11.4 Å². The van der Waals surface area contributed by atoms with Crippen molar-refractivity contribution in [1.29, 1.82) is 0 Å². The molecule has 1 aromatic carbocycles. The summed E-state index contributed by atoms with van der Waals surface area (Å²) >= 11 is 0. The molecule has 3 aromatic rings. The van der Waals surface area contributed by atoms with E-state index in [1.165, 1.54) is 30.2 Å². The number of hydrogen-bond donors (Lipinski definition) is 7. The summed E-state index contributed by atoms with van der Waals surface area (Å²) in [5.41, 5.74) is 17.4. The Hall–Kier alpha value is -5.45. The van der Waals surface area contributed by atoms with Crippen LogP contribution in [0.2, 0.25) is 0 Å². The molecule has 274 valence electrons. The minimum atomic E-state index is -2.41. The zero-order valence-electron chi connectivity index (χ0n) is 29.4. The van der Waals surface area contributed by atoms with Crippen LogP contribution >= 0.6 is 0 Å². The minimum Gasteiger partial charge on any atom is -0.393 e. The molecule has 0 spiro atoms. The lowest BCUT2D eigenvalue weighted by molar-refractivity contribution is -0.898. The SMILES string of the molecule is CCC1c2c(cnn2C2CN(C(O)(O)c3cccc(C=O)[n+]3OC)C2)-c2cccc(NC(/C=C(\N)NC(=O)C3CC3)=C(/N)C(=O)NC3CC3)c2N1C. The maximum atomic E-state index is 13.1. The number of pyridine rings is 1. The van der Waals surface area contributed by atoms with E-state index >= 15 is 0 Å². The summed E-state index contributed by atoms with van der Waals surface area (Å²) in [6.45, 7) is 2.63. The number of nitrogens with zero attached hydrogens (tertiary/aromatic N) is 5. The summed E-state index contributed by atoms with van der Waals surface area (Å²) in [6.07, 6.45) is 8.05. The smallest absolute Gasteiger partial charge is 0.320 e. The largest absolute Gasteiger partial charge is 0.393 e. The second-order valence-electron chi connectivity index (χ2n) is 13.8. The van der Waals surface area contributed by atoms with Crippen LogP contribution in [0.1, 0.15) is 73.0 Å². The second kappa shape index (κ2) is 13.6.